The van der Waals surface area contributed by atoms with Crippen LogP contribution in [-0.2, 0) is 4.52 Å². The normalized spacial score (nSPS) is 12.9. The van der Waals surface area contributed by atoms with E-state index in [0.717, 1.165) is 11.0 Å². The van der Waals surface area contributed by atoms with Gasteiger partial charge in [0.1, 0.15) is 6.54 Å². The van der Waals surface area contributed by atoms with Crippen molar-refractivity contribution in [2.24, 2.45) is 0 Å². The minimum atomic E-state index is 0.0105. The van der Waals surface area contributed by atoms with Crippen LogP contribution >= 0.6 is 9.47 Å². The zero-order valence-electron chi connectivity index (χ0n) is 14.6. The van der Waals surface area contributed by atoms with Crippen LogP contribution in [0.15, 0.2) is 0 Å². The molecule has 0 unspecified atom stereocenters. The highest BCUT2D eigenvalue weighted by Crippen LogP contribution is 2.31. The molecule has 2 nitrogen and oxygen atoms in total. The average molecular weight is 303 g/mol. The highest BCUT2D eigenvalue weighted by Gasteiger charge is 2.32. The lowest BCUT2D eigenvalue weighted by atomic mass is 9.89. The van der Waals surface area contributed by atoms with Gasteiger partial charge in [0, 0.05) is 0 Å². The molecule has 3 heteroatoms. The SMILES string of the molecule is CCCCCCC(CCCCCC)(C[N+](C)(C)C)O[PH-]. The standard InChI is InChI=1S/C17H38NOP/c1-6-8-10-12-14-17(19-20,16-18(3,4)5)15-13-11-9-7-2/h20H,6-16H2,1-5H3. The summed E-state index contributed by atoms with van der Waals surface area (Å²) in [5.74, 6) is 0. The minimum Gasteiger partial charge on any atom is -0.552 e. The van der Waals surface area contributed by atoms with Gasteiger partial charge in [-0.3, -0.25) is 0 Å². The molecule has 0 aromatic carbocycles. The van der Waals surface area contributed by atoms with E-state index in [1.807, 2.05) is 0 Å². The third-order valence-corrected chi connectivity index (χ3v) is 4.38. The average Bonchev–Trinajstić information content (AvgIpc) is 2.38. The predicted octanol–water partition coefficient (Wildman–Crippen LogP) is 5.45. The van der Waals surface area contributed by atoms with E-state index in [0.29, 0.717) is 0 Å². The van der Waals surface area contributed by atoms with E-state index in [9.17, 15) is 0 Å². The Bertz CT molecular complexity index is 214. The minimum absolute atomic E-state index is 0.0105. The fourth-order valence-electron chi connectivity index (χ4n) is 3.03. The van der Waals surface area contributed by atoms with Gasteiger partial charge >= 0.3 is 0 Å². The Morgan fingerprint density at radius 2 is 1.25 bits per heavy atom. The molecule has 20 heavy (non-hydrogen) atoms. The molecule has 0 rings (SSSR count). The topological polar surface area (TPSA) is 9.23 Å². The van der Waals surface area contributed by atoms with E-state index in [1.165, 1.54) is 64.2 Å². The lowest BCUT2D eigenvalue weighted by Crippen LogP contribution is -2.49. The number of quaternary nitrogens is 1. The van der Waals surface area contributed by atoms with E-state index < -0.39 is 0 Å². The highest BCUT2D eigenvalue weighted by molar-refractivity contribution is 7.09. The number of hydrogen-bond acceptors (Lipinski definition) is 1. The summed E-state index contributed by atoms with van der Waals surface area (Å²) in [6.45, 7) is 5.62. The molecular weight excluding hydrogens is 265 g/mol. The summed E-state index contributed by atoms with van der Waals surface area (Å²) in [5.41, 5.74) is 0.0105. The van der Waals surface area contributed by atoms with Gasteiger partial charge in [-0.05, 0) is 12.8 Å². The van der Waals surface area contributed by atoms with Gasteiger partial charge < -0.3 is 18.5 Å². The lowest BCUT2D eigenvalue weighted by molar-refractivity contribution is -0.876. The van der Waals surface area contributed by atoms with Crippen LogP contribution in [0.25, 0.3) is 0 Å². The molecule has 0 aliphatic carbocycles. The summed E-state index contributed by atoms with van der Waals surface area (Å²) in [6.07, 6.45) is 12.9. The van der Waals surface area contributed by atoms with Crippen LogP contribution < -0.4 is 0 Å². The summed E-state index contributed by atoms with van der Waals surface area (Å²) in [6, 6.07) is 0. The zero-order chi connectivity index (χ0) is 15.5. The molecule has 0 N–H and O–H groups in total. The maximum absolute atomic E-state index is 5.86. The number of nitrogens with zero attached hydrogens (tertiary/aromatic N) is 1. The van der Waals surface area contributed by atoms with Crippen molar-refractivity contribution in [2.45, 2.75) is 83.7 Å². The zero-order valence-corrected chi connectivity index (χ0v) is 15.6. The van der Waals surface area contributed by atoms with Gasteiger partial charge in [-0.15, -0.1) is 0 Å². The summed E-state index contributed by atoms with van der Waals surface area (Å²) in [7, 11) is 10.2. The third kappa shape index (κ3) is 10.1. The Morgan fingerprint density at radius 1 is 0.800 bits per heavy atom. The molecule has 0 aliphatic heterocycles. The first-order valence-electron chi connectivity index (χ1n) is 8.54. The maximum Gasteiger partial charge on any atom is 0.105 e. The summed E-state index contributed by atoms with van der Waals surface area (Å²) in [5, 5.41) is 0. The largest absolute Gasteiger partial charge is 0.552 e. The Balaban J connectivity index is 4.44. The molecule has 0 aromatic heterocycles. The maximum atomic E-state index is 5.86. The van der Waals surface area contributed by atoms with E-state index in [-0.39, 0.29) is 5.60 Å². The van der Waals surface area contributed by atoms with E-state index >= 15 is 0 Å². The first-order valence-corrected chi connectivity index (χ1v) is 8.95. The van der Waals surface area contributed by atoms with Gasteiger partial charge in [0.15, 0.2) is 0 Å². The number of likely N-dealkylation sites (N-methyl/N-ethyl adjacent to an activating group) is 1. The number of hydrogen-bond donors (Lipinski definition) is 0. The van der Waals surface area contributed by atoms with Gasteiger partial charge in [-0.25, -0.2) is 0 Å². The summed E-state index contributed by atoms with van der Waals surface area (Å²) >= 11 is 0. The molecule has 0 radical (unpaired) electrons. The van der Waals surface area contributed by atoms with Crippen molar-refractivity contribution < 1.29 is 9.01 Å². The smallest absolute Gasteiger partial charge is 0.105 e. The Labute approximate surface area is 130 Å². The first-order chi connectivity index (χ1) is 9.39. The highest BCUT2D eigenvalue weighted by atomic mass is 31.0. The van der Waals surface area contributed by atoms with Gasteiger partial charge in [-0.2, -0.15) is 0 Å². The van der Waals surface area contributed by atoms with Crippen LogP contribution in [0.5, 0.6) is 0 Å². The third-order valence-electron chi connectivity index (χ3n) is 3.95. The fraction of sp³-hybridized carbons (Fsp3) is 1.00. The van der Waals surface area contributed by atoms with Crippen LogP contribution in [0.1, 0.15) is 78.1 Å². The Hall–Kier alpha value is 0.350. The van der Waals surface area contributed by atoms with Gasteiger partial charge in [0.25, 0.3) is 0 Å². The van der Waals surface area contributed by atoms with Gasteiger partial charge in [0.2, 0.25) is 0 Å². The van der Waals surface area contributed by atoms with Crippen LogP contribution in [0.2, 0.25) is 0 Å². The Morgan fingerprint density at radius 3 is 1.55 bits per heavy atom. The molecule has 0 saturated heterocycles. The van der Waals surface area contributed by atoms with E-state index in [1.54, 1.807) is 0 Å². The summed E-state index contributed by atoms with van der Waals surface area (Å²) in [4.78, 5) is 0. The van der Waals surface area contributed by atoms with E-state index in [4.69, 9.17) is 4.52 Å². The van der Waals surface area contributed by atoms with Gasteiger partial charge in [0.05, 0.1) is 26.7 Å². The Kier molecular flexibility index (Phi) is 11.2. The molecule has 0 atom stereocenters. The van der Waals surface area contributed by atoms with Crippen molar-refractivity contribution in [2.75, 3.05) is 27.7 Å². The molecule has 122 valence electrons. The van der Waals surface area contributed by atoms with Crippen LogP contribution in [0.4, 0.5) is 0 Å². The van der Waals surface area contributed by atoms with E-state index in [2.05, 4.69) is 44.5 Å². The molecule has 0 bridgehead atoms. The molecule has 0 heterocycles. The van der Waals surface area contributed by atoms with Crippen molar-refractivity contribution in [3.63, 3.8) is 0 Å². The van der Waals surface area contributed by atoms with Crippen molar-refractivity contribution in [3.05, 3.63) is 0 Å². The van der Waals surface area contributed by atoms with Gasteiger partial charge in [-0.1, -0.05) is 65.2 Å². The van der Waals surface area contributed by atoms with Crippen molar-refractivity contribution >= 4 is 9.47 Å². The first kappa shape index (κ1) is 20.3. The molecule has 0 spiro atoms. The van der Waals surface area contributed by atoms with Crippen LogP contribution in [-0.4, -0.2) is 37.8 Å². The van der Waals surface area contributed by atoms with Crippen molar-refractivity contribution in [3.8, 4) is 0 Å². The molecule has 0 amide bonds. The molecule has 0 saturated carbocycles. The molecule has 0 aromatic rings. The monoisotopic (exact) mass is 303 g/mol. The second-order valence-corrected chi connectivity index (χ2v) is 7.56. The number of unbranched alkanes of at least 4 members (excludes halogenated alkanes) is 6. The van der Waals surface area contributed by atoms with Crippen LogP contribution in [0, 0.1) is 0 Å². The predicted molar refractivity (Wildman–Crippen MR) is 92.5 cm³/mol. The molecular formula is C17H38NOP. The van der Waals surface area contributed by atoms with Crippen molar-refractivity contribution in [1.29, 1.82) is 0 Å². The molecule has 0 fully saturated rings. The second-order valence-electron chi connectivity index (χ2n) is 7.35. The number of rotatable bonds is 13. The van der Waals surface area contributed by atoms with Crippen LogP contribution in [0.3, 0.4) is 0 Å². The summed E-state index contributed by atoms with van der Waals surface area (Å²) < 4.78 is 6.83. The quantitative estimate of drug-likeness (QED) is 0.250. The second kappa shape index (κ2) is 11.0. The van der Waals surface area contributed by atoms with Crippen molar-refractivity contribution in [1.82, 2.24) is 0 Å². The lowest BCUT2D eigenvalue weighted by Gasteiger charge is -2.42. The molecule has 0 aliphatic rings. The fourth-order valence-corrected chi connectivity index (χ4v) is 3.30.